The molecule has 1 fully saturated rings. The van der Waals surface area contributed by atoms with E-state index in [4.69, 9.17) is 9.47 Å². The van der Waals surface area contributed by atoms with Crippen LogP contribution in [0.15, 0.2) is 47.5 Å². The molecule has 2 aromatic heterocycles. The molecule has 0 saturated carbocycles. The molecule has 2 N–H and O–H groups in total. The van der Waals surface area contributed by atoms with Gasteiger partial charge in [-0.15, -0.1) is 23.1 Å². The van der Waals surface area contributed by atoms with E-state index in [0.717, 1.165) is 15.4 Å². The number of carboxylic acid groups (broad SMARTS) is 1. The van der Waals surface area contributed by atoms with Crippen LogP contribution in [0.4, 0.5) is 4.79 Å². The summed E-state index contributed by atoms with van der Waals surface area (Å²) in [5.74, 6) is -2.05. The molecule has 200 valence electrons. The minimum absolute atomic E-state index is 0.0788. The Morgan fingerprint density at radius 2 is 2.05 bits per heavy atom. The number of aliphatic hydroxyl groups excluding tert-OH is 1. The number of ether oxygens (including phenoxy) is 2. The van der Waals surface area contributed by atoms with Gasteiger partial charge in [0.2, 0.25) is 5.91 Å². The lowest BCUT2D eigenvalue weighted by Gasteiger charge is -2.50. The normalized spacial score (nSPS) is 23.4. The summed E-state index contributed by atoms with van der Waals surface area (Å²) in [6.45, 7) is 5.12. The molecule has 0 bridgehead atoms. The molecule has 0 radical (unpaired) electrons. The average Bonchev–Trinajstić information content (AvgIpc) is 3.49. The average molecular weight is 558 g/mol. The van der Waals surface area contributed by atoms with Gasteiger partial charge < -0.3 is 24.6 Å². The van der Waals surface area contributed by atoms with Crippen molar-refractivity contribution < 1.29 is 34.1 Å². The highest BCUT2D eigenvalue weighted by Crippen LogP contribution is 2.60. The maximum Gasteiger partial charge on any atom is 0.513 e. The maximum absolute atomic E-state index is 13.1. The number of carbonyl (C=O) groups excluding carboxylic acids is 2. The molecule has 2 aliphatic rings. The molecule has 0 spiro atoms. The maximum atomic E-state index is 13.1. The van der Waals surface area contributed by atoms with Gasteiger partial charge in [-0.2, -0.15) is 0 Å². The Hall–Kier alpha value is -3.35. The van der Waals surface area contributed by atoms with Gasteiger partial charge in [-0.25, -0.2) is 14.6 Å². The molecule has 10 nitrogen and oxygen atoms in total. The Kier molecular flexibility index (Phi) is 6.74. The number of thiazole rings is 1. The van der Waals surface area contributed by atoms with E-state index in [1.54, 1.807) is 18.5 Å². The molecule has 1 unspecified atom stereocenters. The number of aliphatic hydroxyl groups is 1. The van der Waals surface area contributed by atoms with E-state index in [-0.39, 0.29) is 18.7 Å². The van der Waals surface area contributed by atoms with Crippen LogP contribution < -0.4 is 4.74 Å². The number of rotatable bonds is 8. The Morgan fingerprint density at radius 1 is 1.32 bits per heavy atom. The zero-order chi connectivity index (χ0) is 27.4. The zero-order valence-corrected chi connectivity index (χ0v) is 22.8. The van der Waals surface area contributed by atoms with Crippen molar-refractivity contribution in [2.45, 2.75) is 44.4 Å². The summed E-state index contributed by atoms with van der Waals surface area (Å²) in [4.78, 5) is 45.2. The van der Waals surface area contributed by atoms with Crippen molar-refractivity contribution in [3.63, 3.8) is 0 Å². The number of carbonyl (C=O) groups is 3. The summed E-state index contributed by atoms with van der Waals surface area (Å²) in [7, 11) is 0. The number of fused-ring (bicyclic) bond motifs is 2. The van der Waals surface area contributed by atoms with E-state index in [1.807, 2.05) is 42.8 Å². The van der Waals surface area contributed by atoms with Crippen molar-refractivity contribution in [1.29, 1.82) is 0 Å². The topological polar surface area (TPSA) is 131 Å². The van der Waals surface area contributed by atoms with Crippen LogP contribution in [0.1, 0.15) is 30.7 Å². The number of para-hydroxylation sites is 1. The Labute approximate surface area is 226 Å². The van der Waals surface area contributed by atoms with E-state index in [9.17, 15) is 24.6 Å². The van der Waals surface area contributed by atoms with E-state index in [2.05, 4.69) is 4.98 Å². The number of benzene rings is 1. The molecule has 4 heterocycles. The lowest BCUT2D eigenvalue weighted by Crippen LogP contribution is -2.66. The Morgan fingerprint density at radius 3 is 2.71 bits per heavy atom. The Bertz CT molecular complexity index is 1480. The van der Waals surface area contributed by atoms with E-state index in [0.29, 0.717) is 16.2 Å². The van der Waals surface area contributed by atoms with Crippen molar-refractivity contribution >= 4 is 51.5 Å². The third-order valence-corrected chi connectivity index (χ3v) is 9.25. The predicted octanol–water partition coefficient (Wildman–Crippen LogP) is 4.06. The van der Waals surface area contributed by atoms with E-state index < -0.39 is 41.5 Å². The number of amides is 1. The van der Waals surface area contributed by atoms with Crippen LogP contribution in [0.3, 0.4) is 0 Å². The third kappa shape index (κ3) is 4.07. The number of imidazole rings is 1. The highest BCUT2D eigenvalue weighted by atomic mass is 32.2. The number of hydrogen-bond donors (Lipinski definition) is 2. The summed E-state index contributed by atoms with van der Waals surface area (Å²) in [5.41, 5.74) is 0.218. The van der Waals surface area contributed by atoms with E-state index >= 15 is 0 Å². The number of nitrogens with zero attached hydrogens (tertiary/aromatic N) is 3. The summed E-state index contributed by atoms with van der Waals surface area (Å²) < 4.78 is 12.6. The van der Waals surface area contributed by atoms with Gasteiger partial charge in [-0.3, -0.25) is 9.20 Å². The molecular weight excluding hydrogens is 530 g/mol. The quantitative estimate of drug-likeness (QED) is 0.182. The molecule has 1 amide bonds. The molecule has 12 heteroatoms. The van der Waals surface area contributed by atoms with Crippen LogP contribution in [-0.4, -0.2) is 67.5 Å². The molecule has 0 aliphatic carbocycles. The monoisotopic (exact) mass is 557 g/mol. The van der Waals surface area contributed by atoms with Crippen molar-refractivity contribution in [2.24, 2.45) is 11.3 Å². The van der Waals surface area contributed by atoms with Crippen LogP contribution >= 0.6 is 23.1 Å². The van der Waals surface area contributed by atoms with Gasteiger partial charge in [-0.05, 0) is 38.2 Å². The molecule has 2 aliphatic heterocycles. The fraction of sp³-hybridized carbons (Fsp3) is 0.385. The summed E-state index contributed by atoms with van der Waals surface area (Å²) in [6, 6.07) is 6.45. The minimum atomic E-state index is -1.23. The standard InChI is InChI=1S/C26H27N3O7S2/c1-13-7-5-6-8-15(13)36-25(34)35-10-9-26(3)18(16-11-28-12-27-21(37-4)23(28)38-16)19(24(32)33)29-20(26)17(14(2)30)22(29)31/h5-8,11-12,14,17,20,30H,9-10H2,1-4H3,(H,32,33)/t14-,17-,20-,26?/m1/s1. The van der Waals surface area contributed by atoms with Gasteiger partial charge >= 0.3 is 12.1 Å². The lowest BCUT2D eigenvalue weighted by atomic mass is 9.66. The Balaban J connectivity index is 1.49. The molecule has 38 heavy (non-hydrogen) atoms. The molecule has 1 saturated heterocycles. The predicted molar refractivity (Wildman–Crippen MR) is 141 cm³/mol. The molecule has 5 rings (SSSR count). The molecule has 4 atom stereocenters. The molecule has 3 aromatic rings. The second-order valence-corrected chi connectivity index (χ2v) is 11.5. The summed E-state index contributed by atoms with van der Waals surface area (Å²) in [6.07, 6.45) is 3.74. The first-order chi connectivity index (χ1) is 18.1. The van der Waals surface area contributed by atoms with Crippen molar-refractivity contribution in [3.8, 4) is 5.75 Å². The minimum Gasteiger partial charge on any atom is -0.477 e. The number of aryl methyl sites for hydroxylation is 1. The molecule has 1 aromatic carbocycles. The van der Waals surface area contributed by atoms with Crippen LogP contribution in [0.5, 0.6) is 5.75 Å². The van der Waals surface area contributed by atoms with Gasteiger partial charge in [0.1, 0.15) is 27.6 Å². The van der Waals surface area contributed by atoms with Gasteiger partial charge in [0.25, 0.3) is 0 Å². The van der Waals surface area contributed by atoms with E-state index in [1.165, 1.54) is 34.9 Å². The SMILES string of the molecule is CSc1ncn2cc(C3=C(C(=O)O)N4C(=O)[C@H]([C@@H](C)O)[C@@H]4C3(C)CCOC(=O)Oc3ccccc3C)sc12. The number of thioether (sulfide) groups is 1. The first kappa shape index (κ1) is 26.3. The lowest BCUT2D eigenvalue weighted by molar-refractivity contribution is -0.167. The first-order valence-electron chi connectivity index (χ1n) is 12.0. The van der Waals surface area contributed by atoms with Crippen molar-refractivity contribution in [3.05, 3.63) is 52.9 Å². The van der Waals surface area contributed by atoms with Crippen LogP contribution in [0.25, 0.3) is 10.4 Å². The number of carboxylic acids is 1. The van der Waals surface area contributed by atoms with Crippen LogP contribution in [0.2, 0.25) is 0 Å². The fourth-order valence-corrected chi connectivity index (χ4v) is 7.46. The molecular formula is C26H27N3O7S2. The first-order valence-corrected chi connectivity index (χ1v) is 14.0. The summed E-state index contributed by atoms with van der Waals surface area (Å²) >= 11 is 2.87. The van der Waals surface area contributed by atoms with Gasteiger partial charge in [0.15, 0.2) is 0 Å². The summed E-state index contributed by atoms with van der Waals surface area (Å²) in [5, 5.41) is 21.5. The van der Waals surface area contributed by atoms with Crippen LogP contribution in [-0.2, 0) is 14.3 Å². The van der Waals surface area contributed by atoms with Crippen molar-refractivity contribution in [2.75, 3.05) is 12.9 Å². The fourth-order valence-electron chi connectivity index (χ4n) is 5.50. The smallest absolute Gasteiger partial charge is 0.477 e. The third-order valence-electron chi connectivity index (χ3n) is 7.31. The second-order valence-electron chi connectivity index (χ2n) is 9.64. The van der Waals surface area contributed by atoms with Gasteiger partial charge in [-0.1, -0.05) is 25.1 Å². The zero-order valence-electron chi connectivity index (χ0n) is 21.2. The number of hydrogen-bond acceptors (Lipinski definition) is 9. The highest BCUT2D eigenvalue weighted by Gasteiger charge is 2.66. The van der Waals surface area contributed by atoms with Crippen molar-refractivity contribution in [1.82, 2.24) is 14.3 Å². The van der Waals surface area contributed by atoms with Gasteiger partial charge in [0, 0.05) is 17.2 Å². The number of aromatic nitrogens is 2. The van der Waals surface area contributed by atoms with Crippen LogP contribution in [0, 0.1) is 18.3 Å². The number of aliphatic carboxylic acids is 1. The second kappa shape index (κ2) is 9.75. The number of β-lactam (4-membered cyclic amide) rings is 1. The highest BCUT2D eigenvalue weighted by molar-refractivity contribution is 7.98. The largest absolute Gasteiger partial charge is 0.513 e. The van der Waals surface area contributed by atoms with Gasteiger partial charge in [0.05, 0.1) is 29.5 Å².